The summed E-state index contributed by atoms with van der Waals surface area (Å²) >= 11 is 0. The molecule has 1 saturated carbocycles. The van der Waals surface area contributed by atoms with Gasteiger partial charge < -0.3 is 20.3 Å². The minimum atomic E-state index is -1.28. The second-order valence-electron chi connectivity index (χ2n) is 12.0. The van der Waals surface area contributed by atoms with E-state index < -0.39 is 29.2 Å². The fourth-order valence-corrected chi connectivity index (χ4v) is 5.47. The van der Waals surface area contributed by atoms with Crippen LogP contribution >= 0.6 is 12.4 Å². The molecule has 5 nitrogen and oxygen atoms in total. The second-order valence-corrected chi connectivity index (χ2v) is 12.0. The first kappa shape index (κ1) is 33.0. The molecule has 0 heterocycles. The molecular weight excluding hydrogens is 524 g/mol. The molecule has 0 radical (unpaired) electrons. The number of carbonyl (C=O) groups is 1. The predicted octanol–water partition coefficient (Wildman–Crippen LogP) is 6.89. The van der Waals surface area contributed by atoms with Crippen LogP contribution in [0, 0.1) is 29.4 Å². The molecule has 1 aliphatic rings. The Bertz CT molecular complexity index is 1080. The Morgan fingerprint density at radius 3 is 2.41 bits per heavy atom. The SMILES string of the molecule is CC1CCC(C(C)C)C(Oc2ccc(CC(C)(C)NC[C@@H](O)c3cc(CCC(=O)O)cc(F)c3F)cc2)C1.Cl. The van der Waals surface area contributed by atoms with Crippen LogP contribution in [0.2, 0.25) is 0 Å². The molecule has 2 aromatic carbocycles. The molecule has 0 saturated heterocycles. The number of hydrogen-bond donors (Lipinski definition) is 3. The molecule has 3 rings (SSSR count). The molecule has 218 valence electrons. The first-order valence-electron chi connectivity index (χ1n) is 13.7. The third-order valence-electron chi connectivity index (χ3n) is 7.69. The zero-order valence-electron chi connectivity index (χ0n) is 23.7. The van der Waals surface area contributed by atoms with Crippen LogP contribution in [0.5, 0.6) is 5.75 Å². The molecule has 2 aromatic rings. The largest absolute Gasteiger partial charge is 0.490 e. The lowest BCUT2D eigenvalue weighted by atomic mass is 9.75. The number of carboxylic acids is 1. The number of benzene rings is 2. The van der Waals surface area contributed by atoms with Crippen molar-refractivity contribution in [2.75, 3.05) is 6.54 Å². The van der Waals surface area contributed by atoms with Crippen LogP contribution in [0.4, 0.5) is 8.78 Å². The molecule has 0 aromatic heterocycles. The summed E-state index contributed by atoms with van der Waals surface area (Å²) in [7, 11) is 0. The third kappa shape index (κ3) is 9.73. The summed E-state index contributed by atoms with van der Waals surface area (Å²) in [6.07, 6.45) is 3.01. The maximum Gasteiger partial charge on any atom is 0.303 e. The van der Waals surface area contributed by atoms with Crippen molar-refractivity contribution >= 4 is 18.4 Å². The summed E-state index contributed by atoms with van der Waals surface area (Å²) in [4.78, 5) is 10.8. The topological polar surface area (TPSA) is 78.8 Å². The number of aliphatic hydroxyl groups is 1. The van der Waals surface area contributed by atoms with E-state index >= 15 is 0 Å². The number of carboxylic acid groups (broad SMARTS) is 1. The van der Waals surface area contributed by atoms with E-state index in [-0.39, 0.29) is 43.5 Å². The molecule has 0 aliphatic heterocycles. The molecule has 0 spiro atoms. The predicted molar refractivity (Wildman–Crippen MR) is 153 cm³/mol. The Hall–Kier alpha value is -2.22. The van der Waals surface area contributed by atoms with E-state index in [9.17, 15) is 18.7 Å². The molecule has 1 fully saturated rings. The maximum absolute atomic E-state index is 14.4. The highest BCUT2D eigenvalue weighted by molar-refractivity contribution is 5.85. The lowest BCUT2D eigenvalue weighted by molar-refractivity contribution is -0.136. The molecule has 4 atom stereocenters. The Morgan fingerprint density at radius 1 is 1.13 bits per heavy atom. The highest BCUT2D eigenvalue weighted by atomic mass is 35.5. The van der Waals surface area contributed by atoms with Crippen molar-refractivity contribution in [1.82, 2.24) is 5.32 Å². The monoisotopic (exact) mass is 567 g/mol. The summed E-state index contributed by atoms with van der Waals surface area (Å²) < 4.78 is 34.9. The second kappa shape index (κ2) is 14.4. The van der Waals surface area contributed by atoms with Gasteiger partial charge in [0.05, 0.1) is 6.10 Å². The number of aliphatic hydroxyl groups excluding tert-OH is 1. The van der Waals surface area contributed by atoms with Crippen LogP contribution in [0.15, 0.2) is 36.4 Å². The van der Waals surface area contributed by atoms with Gasteiger partial charge in [-0.1, -0.05) is 39.3 Å². The number of nitrogens with one attached hydrogen (secondary N) is 1. The van der Waals surface area contributed by atoms with Crippen molar-refractivity contribution in [3.8, 4) is 5.75 Å². The number of halogens is 3. The van der Waals surface area contributed by atoms with Crippen molar-refractivity contribution in [1.29, 1.82) is 0 Å². The third-order valence-corrected chi connectivity index (χ3v) is 7.69. The number of hydrogen-bond acceptors (Lipinski definition) is 4. The first-order chi connectivity index (χ1) is 17.8. The van der Waals surface area contributed by atoms with Gasteiger partial charge in [0.1, 0.15) is 11.9 Å². The smallest absolute Gasteiger partial charge is 0.303 e. The van der Waals surface area contributed by atoms with E-state index in [1.54, 1.807) is 0 Å². The van der Waals surface area contributed by atoms with Gasteiger partial charge in [-0.3, -0.25) is 4.79 Å². The van der Waals surface area contributed by atoms with Gasteiger partial charge in [0.2, 0.25) is 0 Å². The van der Waals surface area contributed by atoms with E-state index in [1.807, 2.05) is 38.1 Å². The Balaban J connectivity index is 0.00000533. The van der Waals surface area contributed by atoms with E-state index in [2.05, 4.69) is 26.1 Å². The number of aryl methyl sites for hydroxylation is 1. The first-order valence-corrected chi connectivity index (χ1v) is 13.7. The van der Waals surface area contributed by atoms with Crippen molar-refractivity contribution in [3.05, 3.63) is 64.7 Å². The summed E-state index contributed by atoms with van der Waals surface area (Å²) in [5.74, 6) is -0.524. The van der Waals surface area contributed by atoms with Gasteiger partial charge in [0.15, 0.2) is 11.6 Å². The lowest BCUT2D eigenvalue weighted by Crippen LogP contribution is -2.43. The van der Waals surface area contributed by atoms with Gasteiger partial charge in [-0.15, -0.1) is 12.4 Å². The molecule has 1 aliphatic carbocycles. The zero-order valence-corrected chi connectivity index (χ0v) is 24.5. The van der Waals surface area contributed by atoms with Gasteiger partial charge in [-0.2, -0.15) is 0 Å². The van der Waals surface area contributed by atoms with Crippen LogP contribution in [0.25, 0.3) is 0 Å². The number of ether oxygens (including phenoxy) is 1. The highest BCUT2D eigenvalue weighted by Gasteiger charge is 2.32. The number of β-amino-alcohol motifs (C(OH)–C–C–N with tert-alkyl or cyclic N) is 1. The minimum absolute atomic E-state index is 0. The van der Waals surface area contributed by atoms with E-state index in [0.717, 1.165) is 23.8 Å². The Labute approximate surface area is 237 Å². The van der Waals surface area contributed by atoms with Crippen LogP contribution in [0.3, 0.4) is 0 Å². The molecule has 0 amide bonds. The maximum atomic E-state index is 14.4. The normalized spacial score (nSPS) is 20.4. The van der Waals surface area contributed by atoms with Crippen molar-refractivity contribution < 1.29 is 28.5 Å². The van der Waals surface area contributed by atoms with Crippen molar-refractivity contribution in [2.45, 2.75) is 90.9 Å². The summed E-state index contributed by atoms with van der Waals surface area (Å²) in [5.41, 5.74) is 0.826. The molecule has 3 unspecified atom stereocenters. The van der Waals surface area contributed by atoms with Gasteiger partial charge in [-0.05, 0) is 92.7 Å². The van der Waals surface area contributed by atoms with Crippen LogP contribution in [0.1, 0.15) is 83.1 Å². The summed E-state index contributed by atoms with van der Waals surface area (Å²) in [5, 5.41) is 22.8. The Morgan fingerprint density at radius 2 is 1.79 bits per heavy atom. The van der Waals surface area contributed by atoms with Gasteiger partial charge in [-0.25, -0.2) is 8.78 Å². The number of aliphatic carboxylic acids is 1. The zero-order chi connectivity index (χ0) is 28.0. The average Bonchev–Trinajstić information content (AvgIpc) is 2.84. The van der Waals surface area contributed by atoms with Gasteiger partial charge in [0.25, 0.3) is 0 Å². The molecule has 0 bridgehead atoms. The van der Waals surface area contributed by atoms with E-state index in [0.29, 0.717) is 29.7 Å². The number of rotatable bonds is 12. The van der Waals surface area contributed by atoms with Crippen LogP contribution in [-0.2, 0) is 17.6 Å². The van der Waals surface area contributed by atoms with E-state index in [1.165, 1.54) is 18.9 Å². The minimum Gasteiger partial charge on any atom is -0.490 e. The lowest BCUT2D eigenvalue weighted by Gasteiger charge is -2.37. The van der Waals surface area contributed by atoms with Crippen LogP contribution in [-0.4, -0.2) is 34.4 Å². The van der Waals surface area contributed by atoms with Crippen molar-refractivity contribution in [2.24, 2.45) is 17.8 Å². The quantitative estimate of drug-likeness (QED) is 0.260. The molecular formula is C31H44ClF2NO4. The van der Waals surface area contributed by atoms with Crippen molar-refractivity contribution in [3.63, 3.8) is 0 Å². The fourth-order valence-electron chi connectivity index (χ4n) is 5.47. The van der Waals surface area contributed by atoms with E-state index in [4.69, 9.17) is 9.84 Å². The summed E-state index contributed by atoms with van der Waals surface area (Å²) in [6, 6.07) is 10.4. The average molecular weight is 568 g/mol. The molecule has 39 heavy (non-hydrogen) atoms. The van der Waals surface area contributed by atoms with Crippen LogP contribution < -0.4 is 10.1 Å². The Kier molecular flexibility index (Phi) is 12.2. The molecule has 8 heteroatoms. The van der Waals surface area contributed by atoms with Gasteiger partial charge >= 0.3 is 5.97 Å². The fraction of sp³-hybridized carbons (Fsp3) is 0.581. The highest BCUT2D eigenvalue weighted by Crippen LogP contribution is 2.36. The molecule has 3 N–H and O–H groups in total. The summed E-state index contributed by atoms with van der Waals surface area (Å²) in [6.45, 7) is 10.8. The van der Waals surface area contributed by atoms with Gasteiger partial charge in [0, 0.05) is 24.1 Å². The standard InChI is InChI=1S/C31H43F2NO4.ClH/c1-19(2)24-12-6-20(3)14-28(24)38-23-10-7-21(8-11-23)17-31(4,5)34-18-27(35)25-15-22(9-13-29(36)37)16-26(32)30(25)33;/h7-8,10-11,15-16,19-20,24,27-28,34-35H,6,9,12-14,17-18H2,1-5H3,(H,36,37);1H/t20?,24?,27-,28?;/m1./s1.